The molecule has 0 aromatic carbocycles. The molecule has 1 heterocycles. The second-order valence-corrected chi connectivity index (χ2v) is 2.45. The topological polar surface area (TPSA) is 59.4 Å². The number of amides is 1. The predicted octanol–water partition coefficient (Wildman–Crippen LogP) is 0.877. The Labute approximate surface area is 75.3 Å². The van der Waals surface area contributed by atoms with Crippen molar-refractivity contribution in [1.82, 2.24) is 4.98 Å². The fraction of sp³-hybridized carbons (Fsp3) is 0.222. The SMILES string of the molecule is O=C=NC(=O)CCc1ccncc1. The lowest BCUT2D eigenvalue weighted by atomic mass is 10.1. The van der Waals surface area contributed by atoms with E-state index in [9.17, 15) is 9.59 Å². The number of nitrogens with zero attached hydrogens (tertiary/aromatic N) is 2. The lowest BCUT2D eigenvalue weighted by Crippen LogP contribution is -1.95. The fourth-order valence-corrected chi connectivity index (χ4v) is 0.908. The summed E-state index contributed by atoms with van der Waals surface area (Å²) < 4.78 is 0. The van der Waals surface area contributed by atoms with Crippen molar-refractivity contribution < 1.29 is 9.59 Å². The number of carbonyl (C=O) groups excluding carboxylic acids is 2. The van der Waals surface area contributed by atoms with Gasteiger partial charge in [0.2, 0.25) is 6.08 Å². The van der Waals surface area contributed by atoms with Gasteiger partial charge in [-0.25, -0.2) is 4.79 Å². The van der Waals surface area contributed by atoms with E-state index in [0.29, 0.717) is 6.42 Å². The Morgan fingerprint density at radius 2 is 2.15 bits per heavy atom. The molecule has 0 bridgehead atoms. The number of aryl methyl sites for hydroxylation is 1. The molecule has 0 fully saturated rings. The van der Waals surface area contributed by atoms with Gasteiger partial charge in [-0.1, -0.05) is 0 Å². The van der Waals surface area contributed by atoms with Crippen LogP contribution in [0.2, 0.25) is 0 Å². The number of hydrogen-bond acceptors (Lipinski definition) is 3. The van der Waals surface area contributed by atoms with Crippen LogP contribution < -0.4 is 0 Å². The summed E-state index contributed by atoms with van der Waals surface area (Å²) >= 11 is 0. The van der Waals surface area contributed by atoms with Gasteiger partial charge in [-0.3, -0.25) is 9.78 Å². The van der Waals surface area contributed by atoms with Crippen molar-refractivity contribution in [3.8, 4) is 0 Å². The zero-order chi connectivity index (χ0) is 9.52. The lowest BCUT2D eigenvalue weighted by Gasteiger charge is -1.95. The van der Waals surface area contributed by atoms with Gasteiger partial charge in [0.25, 0.3) is 5.91 Å². The second-order valence-electron chi connectivity index (χ2n) is 2.45. The Morgan fingerprint density at radius 3 is 2.77 bits per heavy atom. The maximum Gasteiger partial charge on any atom is 0.256 e. The van der Waals surface area contributed by atoms with Crippen molar-refractivity contribution in [3.05, 3.63) is 30.1 Å². The van der Waals surface area contributed by atoms with E-state index in [1.54, 1.807) is 12.4 Å². The number of aromatic nitrogens is 1. The molecule has 0 N–H and O–H groups in total. The Balaban J connectivity index is 2.44. The van der Waals surface area contributed by atoms with Gasteiger partial charge < -0.3 is 0 Å². The molecule has 0 saturated carbocycles. The van der Waals surface area contributed by atoms with Crippen molar-refractivity contribution in [2.24, 2.45) is 4.99 Å². The summed E-state index contributed by atoms with van der Waals surface area (Å²) in [5, 5.41) is 0. The lowest BCUT2D eigenvalue weighted by molar-refractivity contribution is -0.117. The zero-order valence-electron chi connectivity index (χ0n) is 6.93. The minimum Gasteiger partial charge on any atom is -0.272 e. The Hall–Kier alpha value is -1.80. The number of pyridine rings is 1. The third kappa shape index (κ3) is 3.40. The van der Waals surface area contributed by atoms with Crippen LogP contribution in [0.1, 0.15) is 12.0 Å². The Bertz CT molecular complexity index is 329. The molecule has 0 spiro atoms. The van der Waals surface area contributed by atoms with Gasteiger partial charge in [0.1, 0.15) is 0 Å². The van der Waals surface area contributed by atoms with Gasteiger partial charge in [-0.15, -0.1) is 4.99 Å². The van der Waals surface area contributed by atoms with Crippen LogP contribution in [-0.4, -0.2) is 17.0 Å². The highest BCUT2D eigenvalue weighted by Crippen LogP contribution is 2.01. The monoisotopic (exact) mass is 176 g/mol. The highest BCUT2D eigenvalue weighted by molar-refractivity contribution is 5.81. The highest BCUT2D eigenvalue weighted by Gasteiger charge is 1.99. The maximum atomic E-state index is 10.8. The average Bonchev–Trinajstić information content (AvgIpc) is 2.17. The molecule has 4 heteroatoms. The first-order valence-corrected chi connectivity index (χ1v) is 3.82. The third-order valence-corrected chi connectivity index (χ3v) is 1.55. The summed E-state index contributed by atoms with van der Waals surface area (Å²) in [5.74, 6) is -0.438. The largest absolute Gasteiger partial charge is 0.272 e. The van der Waals surface area contributed by atoms with Crippen molar-refractivity contribution >= 4 is 12.0 Å². The first-order chi connectivity index (χ1) is 6.33. The van der Waals surface area contributed by atoms with Gasteiger partial charge in [0.05, 0.1) is 0 Å². The van der Waals surface area contributed by atoms with Crippen LogP contribution in [0.5, 0.6) is 0 Å². The minimum atomic E-state index is -0.438. The van der Waals surface area contributed by atoms with Gasteiger partial charge in [0, 0.05) is 18.8 Å². The maximum absolute atomic E-state index is 10.8. The number of aliphatic imine (C=N–C) groups is 1. The number of rotatable bonds is 3. The standard InChI is InChI=1S/C9H8N2O2/c12-7-11-9(13)2-1-8-3-5-10-6-4-8/h3-6H,1-2H2. The van der Waals surface area contributed by atoms with E-state index in [1.165, 1.54) is 6.08 Å². The summed E-state index contributed by atoms with van der Waals surface area (Å²) in [7, 11) is 0. The summed E-state index contributed by atoms with van der Waals surface area (Å²) in [6.45, 7) is 0. The normalized spacial score (nSPS) is 8.92. The molecule has 0 aliphatic carbocycles. The van der Waals surface area contributed by atoms with Crippen LogP contribution in [0, 0.1) is 0 Å². The highest BCUT2D eigenvalue weighted by atomic mass is 16.2. The van der Waals surface area contributed by atoms with Crippen LogP contribution >= 0.6 is 0 Å². The van der Waals surface area contributed by atoms with Gasteiger partial charge in [0.15, 0.2) is 0 Å². The first-order valence-electron chi connectivity index (χ1n) is 3.82. The summed E-state index contributed by atoms with van der Waals surface area (Å²) in [4.78, 5) is 27.3. The molecular weight excluding hydrogens is 168 g/mol. The molecule has 0 radical (unpaired) electrons. The molecular formula is C9H8N2O2. The first kappa shape index (κ1) is 9.29. The minimum absolute atomic E-state index is 0.235. The molecule has 1 rings (SSSR count). The quantitative estimate of drug-likeness (QED) is 0.507. The Kier molecular flexibility index (Phi) is 3.54. The molecule has 1 aromatic rings. The van der Waals surface area contributed by atoms with Crippen LogP contribution in [0.15, 0.2) is 29.5 Å². The Morgan fingerprint density at radius 1 is 1.46 bits per heavy atom. The molecule has 0 saturated heterocycles. The van der Waals surface area contributed by atoms with E-state index in [1.807, 2.05) is 12.1 Å². The number of carbonyl (C=O) groups is 1. The molecule has 66 valence electrons. The van der Waals surface area contributed by atoms with Crippen molar-refractivity contribution in [3.63, 3.8) is 0 Å². The summed E-state index contributed by atoms with van der Waals surface area (Å²) in [5.41, 5.74) is 1.00. The molecule has 0 aliphatic rings. The molecule has 1 aromatic heterocycles. The molecule has 1 amide bonds. The van der Waals surface area contributed by atoms with E-state index < -0.39 is 5.91 Å². The van der Waals surface area contributed by atoms with Crippen LogP contribution in [0.25, 0.3) is 0 Å². The second kappa shape index (κ2) is 4.95. The fourth-order valence-electron chi connectivity index (χ4n) is 0.908. The van der Waals surface area contributed by atoms with Gasteiger partial charge in [-0.05, 0) is 24.1 Å². The number of hydrogen-bond donors (Lipinski definition) is 0. The van der Waals surface area contributed by atoms with Crippen LogP contribution in [-0.2, 0) is 16.0 Å². The van der Waals surface area contributed by atoms with Crippen LogP contribution in [0.4, 0.5) is 0 Å². The molecule has 4 nitrogen and oxygen atoms in total. The van der Waals surface area contributed by atoms with Crippen molar-refractivity contribution in [1.29, 1.82) is 0 Å². The van der Waals surface area contributed by atoms with E-state index in [4.69, 9.17) is 0 Å². The van der Waals surface area contributed by atoms with Gasteiger partial charge in [-0.2, -0.15) is 0 Å². The summed E-state index contributed by atoms with van der Waals surface area (Å²) in [6.07, 6.45) is 5.34. The van der Waals surface area contributed by atoms with Gasteiger partial charge >= 0.3 is 0 Å². The molecule has 0 atom stereocenters. The molecule has 0 unspecified atom stereocenters. The van der Waals surface area contributed by atoms with Crippen LogP contribution in [0.3, 0.4) is 0 Å². The number of isocyanates is 1. The van der Waals surface area contributed by atoms with E-state index in [-0.39, 0.29) is 6.42 Å². The van der Waals surface area contributed by atoms with E-state index in [0.717, 1.165) is 5.56 Å². The van der Waals surface area contributed by atoms with Crippen molar-refractivity contribution in [2.45, 2.75) is 12.8 Å². The van der Waals surface area contributed by atoms with E-state index in [2.05, 4.69) is 9.98 Å². The van der Waals surface area contributed by atoms with Crippen molar-refractivity contribution in [2.75, 3.05) is 0 Å². The predicted molar refractivity (Wildman–Crippen MR) is 45.7 cm³/mol. The average molecular weight is 176 g/mol. The smallest absolute Gasteiger partial charge is 0.256 e. The van der Waals surface area contributed by atoms with E-state index >= 15 is 0 Å². The third-order valence-electron chi connectivity index (χ3n) is 1.55. The zero-order valence-corrected chi connectivity index (χ0v) is 6.93. The summed E-state index contributed by atoms with van der Waals surface area (Å²) in [6, 6.07) is 3.63. The molecule has 13 heavy (non-hydrogen) atoms. The molecule has 0 aliphatic heterocycles.